The minimum absolute atomic E-state index is 0.0237. The summed E-state index contributed by atoms with van der Waals surface area (Å²) in [5.41, 5.74) is 12.0. The Kier molecular flexibility index (Phi) is 5.97. The van der Waals surface area contributed by atoms with E-state index in [0.717, 1.165) is 16.5 Å². The van der Waals surface area contributed by atoms with Crippen LogP contribution in [0, 0.1) is 41.5 Å². The summed E-state index contributed by atoms with van der Waals surface area (Å²) in [6.45, 7) is 13.0. The van der Waals surface area contributed by atoms with Crippen molar-refractivity contribution in [3.05, 3.63) is 112 Å². The van der Waals surface area contributed by atoms with E-state index >= 15 is 0 Å². The van der Waals surface area contributed by atoms with Gasteiger partial charge in [0.15, 0.2) is 5.11 Å². The topological polar surface area (TPSA) is 33.1 Å². The van der Waals surface area contributed by atoms with Gasteiger partial charge in [0.25, 0.3) is 0 Å². The Hall–Kier alpha value is -3.44. The summed E-state index contributed by atoms with van der Waals surface area (Å²) >= 11 is 5.95. The number of pyridine rings is 1. The van der Waals surface area contributed by atoms with Gasteiger partial charge in [-0.15, -0.1) is 0 Å². The van der Waals surface area contributed by atoms with Crippen LogP contribution >= 0.6 is 12.2 Å². The zero-order valence-corrected chi connectivity index (χ0v) is 22.1. The highest BCUT2D eigenvalue weighted by Gasteiger charge is 2.42. The fourth-order valence-electron chi connectivity index (χ4n) is 5.60. The summed E-state index contributed by atoms with van der Waals surface area (Å²) in [5.74, 6) is 0. The highest BCUT2D eigenvalue weighted by atomic mass is 32.1. The van der Waals surface area contributed by atoms with E-state index in [1.54, 1.807) is 0 Å². The Morgan fingerprint density at radius 1 is 0.771 bits per heavy atom. The molecule has 35 heavy (non-hydrogen) atoms. The molecule has 178 valence electrons. The normalized spacial score (nSPS) is 17.7. The second-order valence-electron chi connectivity index (χ2n) is 9.85. The maximum atomic E-state index is 5.95. The van der Waals surface area contributed by atoms with Crippen LogP contribution in [0.5, 0.6) is 0 Å². The van der Waals surface area contributed by atoms with Crippen molar-refractivity contribution in [2.45, 2.75) is 53.6 Å². The predicted molar refractivity (Wildman–Crippen MR) is 149 cm³/mol. The highest BCUT2D eigenvalue weighted by Crippen LogP contribution is 2.44. The third-order valence-electron chi connectivity index (χ3n) is 6.84. The summed E-state index contributed by atoms with van der Waals surface area (Å²) in [4.78, 5) is 7.00. The van der Waals surface area contributed by atoms with Crippen LogP contribution in [0.3, 0.4) is 0 Å². The van der Waals surface area contributed by atoms with Gasteiger partial charge in [0.2, 0.25) is 0 Å². The monoisotopic (exact) mass is 480 g/mol. The quantitative estimate of drug-likeness (QED) is 0.322. The second kappa shape index (κ2) is 8.97. The van der Waals surface area contributed by atoms with Crippen molar-refractivity contribution in [1.29, 1.82) is 0 Å². The molecule has 1 aliphatic heterocycles. The number of nitrogens with one attached hydrogen (secondary N) is 1. The molecule has 1 fully saturated rings. The average molecular weight is 481 g/mol. The molecule has 1 saturated heterocycles. The molecule has 5 rings (SSSR count). The largest absolute Gasteiger partial charge is 0.351 e. The number of benzene rings is 2. The first-order valence-electron chi connectivity index (χ1n) is 12.1. The van der Waals surface area contributed by atoms with Gasteiger partial charge >= 0.3 is 0 Å². The average Bonchev–Trinajstić information content (AvgIpc) is 3.28. The number of hydrogen-bond acceptors (Lipinski definition) is 2. The number of hydrogen-bond donors (Lipinski definition) is 1. The molecule has 5 heteroatoms. The summed E-state index contributed by atoms with van der Waals surface area (Å²) in [5, 5.41) is 4.33. The first-order valence-corrected chi connectivity index (χ1v) is 12.5. The van der Waals surface area contributed by atoms with Crippen molar-refractivity contribution in [2.75, 3.05) is 4.90 Å². The van der Waals surface area contributed by atoms with Crippen LogP contribution in [0.1, 0.15) is 57.0 Å². The summed E-state index contributed by atoms with van der Waals surface area (Å²) in [7, 11) is 0. The Morgan fingerprint density at radius 3 is 1.94 bits per heavy atom. The zero-order valence-electron chi connectivity index (χ0n) is 21.3. The first-order chi connectivity index (χ1) is 16.7. The minimum Gasteiger partial charge on any atom is -0.351 e. The number of rotatable bonds is 4. The van der Waals surface area contributed by atoms with Crippen LogP contribution < -0.4 is 10.2 Å². The molecule has 0 radical (unpaired) electrons. The smallest absolute Gasteiger partial charge is 0.174 e. The lowest BCUT2D eigenvalue weighted by molar-refractivity contribution is 0.565. The molecule has 0 bridgehead atoms. The van der Waals surface area contributed by atoms with E-state index in [9.17, 15) is 0 Å². The van der Waals surface area contributed by atoms with Crippen molar-refractivity contribution in [3.8, 4) is 5.69 Å². The Morgan fingerprint density at radius 2 is 1.37 bits per heavy atom. The highest BCUT2D eigenvalue weighted by molar-refractivity contribution is 7.80. The van der Waals surface area contributed by atoms with Crippen LogP contribution in [0.4, 0.5) is 5.69 Å². The van der Waals surface area contributed by atoms with Crippen LogP contribution in [0.25, 0.3) is 5.69 Å². The molecule has 2 aromatic carbocycles. The molecular formula is C30H32N4S. The van der Waals surface area contributed by atoms with Gasteiger partial charge in [0.1, 0.15) is 0 Å². The minimum atomic E-state index is -0.0577. The fourth-order valence-corrected chi connectivity index (χ4v) is 5.95. The molecule has 0 spiro atoms. The second-order valence-corrected chi connectivity index (χ2v) is 10.2. The Labute approximate surface area is 213 Å². The lowest BCUT2D eigenvalue weighted by Crippen LogP contribution is -2.29. The van der Waals surface area contributed by atoms with Gasteiger partial charge < -0.3 is 14.8 Å². The van der Waals surface area contributed by atoms with E-state index in [0.29, 0.717) is 0 Å². The lowest BCUT2D eigenvalue weighted by atomic mass is 9.96. The van der Waals surface area contributed by atoms with E-state index in [1.807, 2.05) is 18.3 Å². The molecular weight excluding hydrogens is 448 g/mol. The third-order valence-corrected chi connectivity index (χ3v) is 7.15. The van der Waals surface area contributed by atoms with Crippen LogP contribution in [-0.4, -0.2) is 14.7 Å². The molecule has 2 aromatic heterocycles. The summed E-state index contributed by atoms with van der Waals surface area (Å²) in [6.07, 6.45) is 1.86. The first kappa shape index (κ1) is 23.3. The van der Waals surface area contributed by atoms with Gasteiger partial charge in [-0.05, 0) is 124 Å². The molecule has 3 heterocycles. The van der Waals surface area contributed by atoms with Crippen molar-refractivity contribution < 1.29 is 0 Å². The number of nitrogens with zero attached hydrogens (tertiary/aromatic N) is 3. The van der Waals surface area contributed by atoms with Gasteiger partial charge in [0, 0.05) is 29.0 Å². The number of thiocarbonyl (C=S) groups is 1. The van der Waals surface area contributed by atoms with Crippen LogP contribution in [-0.2, 0) is 0 Å². The van der Waals surface area contributed by atoms with Gasteiger partial charge in [0.05, 0.1) is 17.8 Å². The van der Waals surface area contributed by atoms with Crippen molar-refractivity contribution in [1.82, 2.24) is 14.9 Å². The summed E-state index contributed by atoms with van der Waals surface area (Å²) < 4.78 is 2.37. The number of aryl methyl sites for hydroxylation is 5. The van der Waals surface area contributed by atoms with E-state index < -0.39 is 0 Å². The van der Waals surface area contributed by atoms with Crippen molar-refractivity contribution in [3.63, 3.8) is 0 Å². The van der Waals surface area contributed by atoms with Crippen molar-refractivity contribution >= 4 is 23.0 Å². The zero-order chi connectivity index (χ0) is 24.9. The predicted octanol–water partition coefficient (Wildman–Crippen LogP) is 6.90. The molecule has 1 N–H and O–H groups in total. The van der Waals surface area contributed by atoms with Crippen LogP contribution in [0.2, 0.25) is 0 Å². The number of anilines is 1. The molecule has 0 aliphatic carbocycles. The van der Waals surface area contributed by atoms with E-state index in [2.05, 4.69) is 105 Å². The van der Waals surface area contributed by atoms with Gasteiger partial charge in [-0.3, -0.25) is 4.98 Å². The third kappa shape index (κ3) is 4.25. The maximum Gasteiger partial charge on any atom is 0.174 e. The summed E-state index contributed by atoms with van der Waals surface area (Å²) in [6, 6.07) is 21.7. The molecule has 0 saturated carbocycles. The molecule has 4 aromatic rings. The standard InChI is InChI=1S/C30H32N4S/c1-18-11-19(2)14-24(13-18)33-22(5)17-26(23(33)6)29-28(27-9-7-8-10-31-27)32-30(35)34(29)25-15-20(3)12-21(4)16-25/h7-17,28-29H,1-6H3,(H,32,35)/t28-,29+/m0/s1. The van der Waals surface area contributed by atoms with E-state index in [-0.39, 0.29) is 12.1 Å². The molecule has 2 atom stereocenters. The Bertz CT molecular complexity index is 1380. The fraction of sp³-hybridized carbons (Fsp3) is 0.267. The van der Waals surface area contributed by atoms with Crippen LogP contribution in [0.15, 0.2) is 66.9 Å². The van der Waals surface area contributed by atoms with E-state index in [4.69, 9.17) is 17.2 Å². The lowest BCUT2D eigenvalue weighted by Gasteiger charge is -2.29. The SMILES string of the molecule is Cc1cc(C)cc(N2C(=S)N[C@@H](c3ccccn3)[C@H]2c2cc(C)n(-c3cc(C)cc(C)c3)c2C)c1. The van der Waals surface area contributed by atoms with E-state index in [1.165, 1.54) is 44.9 Å². The Balaban J connectivity index is 1.71. The molecule has 0 amide bonds. The molecule has 4 nitrogen and oxygen atoms in total. The van der Waals surface area contributed by atoms with Gasteiger partial charge in [-0.1, -0.05) is 18.2 Å². The van der Waals surface area contributed by atoms with Crippen molar-refractivity contribution in [2.24, 2.45) is 0 Å². The number of aromatic nitrogens is 2. The maximum absolute atomic E-state index is 5.95. The van der Waals surface area contributed by atoms with Gasteiger partial charge in [-0.25, -0.2) is 0 Å². The molecule has 0 unspecified atom stereocenters. The van der Waals surface area contributed by atoms with Gasteiger partial charge in [-0.2, -0.15) is 0 Å². The molecule has 1 aliphatic rings.